The number of carbonyl (C=O) groups excluding carboxylic acids is 3. The zero-order valence-electron chi connectivity index (χ0n) is 19.1. The smallest absolute Gasteiger partial charge is 0.337 e. The lowest BCUT2D eigenvalue weighted by atomic mass is 10.1. The summed E-state index contributed by atoms with van der Waals surface area (Å²) in [5.74, 6) is -0.117. The van der Waals surface area contributed by atoms with Crippen molar-refractivity contribution in [2.45, 2.75) is 20.3 Å². The molecule has 0 aliphatic rings. The Morgan fingerprint density at radius 2 is 1.64 bits per heavy atom. The van der Waals surface area contributed by atoms with E-state index in [0.717, 1.165) is 5.56 Å². The van der Waals surface area contributed by atoms with Crippen LogP contribution in [0.25, 0.3) is 6.08 Å². The molecule has 1 amide bonds. The van der Waals surface area contributed by atoms with E-state index in [4.69, 9.17) is 14.2 Å². The lowest BCUT2D eigenvalue weighted by molar-refractivity contribution is -0.143. The summed E-state index contributed by atoms with van der Waals surface area (Å²) in [4.78, 5) is 35.2. The summed E-state index contributed by atoms with van der Waals surface area (Å²) in [7, 11) is 1.31. The molecule has 0 spiro atoms. The van der Waals surface area contributed by atoms with Gasteiger partial charge in [0.1, 0.15) is 0 Å². The Labute approximate surface area is 193 Å². The maximum atomic E-state index is 11.9. The molecule has 0 saturated heterocycles. The SMILES string of the molecule is CCOc1ccc(CCNC(=O)COC(=O)/C=C/c2ccc(C(=O)OC)cc2)cc1OCC. The molecule has 0 unspecified atom stereocenters. The number of hydrogen-bond donors (Lipinski definition) is 1. The summed E-state index contributed by atoms with van der Waals surface area (Å²) >= 11 is 0. The molecular weight excluding hydrogens is 426 g/mol. The molecule has 0 atom stereocenters. The van der Waals surface area contributed by atoms with Crippen molar-refractivity contribution in [2.75, 3.05) is 33.5 Å². The van der Waals surface area contributed by atoms with Gasteiger partial charge in [-0.2, -0.15) is 0 Å². The fourth-order valence-corrected chi connectivity index (χ4v) is 2.85. The molecule has 2 rings (SSSR count). The van der Waals surface area contributed by atoms with E-state index in [1.807, 2.05) is 32.0 Å². The minimum atomic E-state index is -0.643. The van der Waals surface area contributed by atoms with Crippen LogP contribution in [0.3, 0.4) is 0 Å². The predicted octanol–water partition coefficient (Wildman–Crippen LogP) is 3.19. The van der Waals surface area contributed by atoms with E-state index in [0.29, 0.717) is 48.8 Å². The lowest BCUT2D eigenvalue weighted by Gasteiger charge is -2.12. The highest BCUT2D eigenvalue weighted by atomic mass is 16.5. The lowest BCUT2D eigenvalue weighted by Crippen LogP contribution is -2.30. The average molecular weight is 456 g/mol. The maximum absolute atomic E-state index is 11.9. The van der Waals surface area contributed by atoms with E-state index in [1.54, 1.807) is 24.3 Å². The second-order valence-corrected chi connectivity index (χ2v) is 6.80. The largest absolute Gasteiger partial charge is 0.490 e. The molecule has 33 heavy (non-hydrogen) atoms. The molecule has 0 heterocycles. The second kappa shape index (κ2) is 13.6. The van der Waals surface area contributed by atoms with Crippen molar-refractivity contribution < 1.29 is 33.3 Å². The van der Waals surface area contributed by atoms with Crippen molar-refractivity contribution in [1.82, 2.24) is 5.32 Å². The maximum Gasteiger partial charge on any atom is 0.337 e. The molecule has 2 aromatic rings. The summed E-state index contributed by atoms with van der Waals surface area (Å²) in [5, 5.41) is 2.72. The van der Waals surface area contributed by atoms with Crippen LogP contribution >= 0.6 is 0 Å². The fraction of sp³-hybridized carbons (Fsp3) is 0.320. The van der Waals surface area contributed by atoms with Gasteiger partial charge in [-0.1, -0.05) is 18.2 Å². The van der Waals surface area contributed by atoms with Gasteiger partial charge < -0.3 is 24.3 Å². The zero-order chi connectivity index (χ0) is 24.1. The Morgan fingerprint density at radius 3 is 2.30 bits per heavy atom. The van der Waals surface area contributed by atoms with Crippen LogP contribution in [-0.2, 0) is 25.5 Å². The number of ether oxygens (including phenoxy) is 4. The molecule has 176 valence electrons. The monoisotopic (exact) mass is 455 g/mol. The van der Waals surface area contributed by atoms with Gasteiger partial charge in [-0.15, -0.1) is 0 Å². The Morgan fingerprint density at radius 1 is 0.939 bits per heavy atom. The number of carbonyl (C=O) groups is 3. The van der Waals surface area contributed by atoms with Crippen LogP contribution in [0.5, 0.6) is 11.5 Å². The van der Waals surface area contributed by atoms with Crippen LogP contribution in [0.15, 0.2) is 48.5 Å². The highest BCUT2D eigenvalue weighted by Gasteiger charge is 2.08. The Kier molecular flexibility index (Phi) is 10.5. The number of benzene rings is 2. The molecule has 2 aromatic carbocycles. The van der Waals surface area contributed by atoms with Crippen molar-refractivity contribution >= 4 is 23.9 Å². The van der Waals surface area contributed by atoms with Crippen LogP contribution in [0.4, 0.5) is 0 Å². The topological polar surface area (TPSA) is 100 Å². The van der Waals surface area contributed by atoms with Crippen molar-refractivity contribution in [3.8, 4) is 11.5 Å². The number of nitrogens with one attached hydrogen (secondary N) is 1. The summed E-state index contributed by atoms with van der Waals surface area (Å²) in [6.07, 6.45) is 3.34. The molecule has 0 aromatic heterocycles. The Hall–Kier alpha value is -3.81. The van der Waals surface area contributed by atoms with E-state index in [-0.39, 0.29) is 6.61 Å². The van der Waals surface area contributed by atoms with Gasteiger partial charge in [-0.05, 0) is 61.7 Å². The van der Waals surface area contributed by atoms with Crippen molar-refractivity contribution in [3.63, 3.8) is 0 Å². The van der Waals surface area contributed by atoms with Gasteiger partial charge in [0, 0.05) is 12.6 Å². The van der Waals surface area contributed by atoms with E-state index in [1.165, 1.54) is 19.3 Å². The fourth-order valence-electron chi connectivity index (χ4n) is 2.85. The third-order valence-electron chi connectivity index (χ3n) is 4.43. The molecule has 8 nitrogen and oxygen atoms in total. The van der Waals surface area contributed by atoms with Crippen molar-refractivity contribution in [1.29, 1.82) is 0 Å². The highest BCUT2D eigenvalue weighted by molar-refractivity contribution is 5.91. The summed E-state index contributed by atoms with van der Waals surface area (Å²) in [6, 6.07) is 12.2. The molecule has 8 heteroatoms. The second-order valence-electron chi connectivity index (χ2n) is 6.80. The molecule has 1 N–H and O–H groups in total. The molecule has 0 radical (unpaired) electrons. The van der Waals surface area contributed by atoms with Gasteiger partial charge in [0.05, 0.1) is 25.9 Å². The quantitative estimate of drug-likeness (QED) is 0.388. The van der Waals surface area contributed by atoms with Crippen LogP contribution in [0, 0.1) is 0 Å². The molecule has 0 aliphatic carbocycles. The molecular formula is C25H29NO7. The first-order chi connectivity index (χ1) is 16.0. The predicted molar refractivity (Wildman–Crippen MR) is 123 cm³/mol. The first-order valence-electron chi connectivity index (χ1n) is 10.6. The van der Waals surface area contributed by atoms with E-state index >= 15 is 0 Å². The molecule has 0 saturated carbocycles. The van der Waals surface area contributed by atoms with Gasteiger partial charge in [-0.25, -0.2) is 9.59 Å². The van der Waals surface area contributed by atoms with E-state index in [2.05, 4.69) is 10.1 Å². The van der Waals surface area contributed by atoms with Gasteiger partial charge in [0.2, 0.25) is 0 Å². The van der Waals surface area contributed by atoms with Crippen LogP contribution in [-0.4, -0.2) is 51.3 Å². The summed E-state index contributed by atoms with van der Waals surface area (Å²) < 4.78 is 20.7. The number of amides is 1. The van der Waals surface area contributed by atoms with Crippen LogP contribution in [0.1, 0.15) is 35.3 Å². The van der Waals surface area contributed by atoms with Gasteiger partial charge in [0.15, 0.2) is 18.1 Å². The third kappa shape index (κ3) is 8.68. The molecule has 0 fully saturated rings. The van der Waals surface area contributed by atoms with E-state index < -0.39 is 17.8 Å². The van der Waals surface area contributed by atoms with Gasteiger partial charge >= 0.3 is 11.9 Å². The first kappa shape index (κ1) is 25.5. The standard InChI is InChI=1S/C25H29NO7/c1-4-31-21-12-8-19(16-22(21)32-5-2)14-15-26-23(27)17-33-24(28)13-9-18-6-10-20(11-7-18)25(29)30-3/h6-13,16H,4-5,14-15,17H2,1-3H3,(H,26,27)/b13-9+. The molecule has 0 aliphatic heterocycles. The Balaban J connectivity index is 1.74. The van der Waals surface area contributed by atoms with Crippen LogP contribution < -0.4 is 14.8 Å². The average Bonchev–Trinajstić information content (AvgIpc) is 2.83. The number of hydrogen-bond acceptors (Lipinski definition) is 7. The van der Waals surface area contributed by atoms with Gasteiger partial charge in [0.25, 0.3) is 5.91 Å². The van der Waals surface area contributed by atoms with Crippen molar-refractivity contribution in [3.05, 3.63) is 65.2 Å². The number of rotatable bonds is 12. The summed E-state index contributed by atoms with van der Waals surface area (Å²) in [5.41, 5.74) is 2.10. The minimum absolute atomic E-state index is 0.377. The number of esters is 2. The molecule has 0 bridgehead atoms. The van der Waals surface area contributed by atoms with Gasteiger partial charge in [-0.3, -0.25) is 4.79 Å². The number of methoxy groups -OCH3 is 1. The van der Waals surface area contributed by atoms with Crippen molar-refractivity contribution in [2.24, 2.45) is 0 Å². The first-order valence-corrected chi connectivity index (χ1v) is 10.6. The van der Waals surface area contributed by atoms with Crippen LogP contribution in [0.2, 0.25) is 0 Å². The third-order valence-corrected chi connectivity index (χ3v) is 4.43. The van der Waals surface area contributed by atoms with E-state index in [9.17, 15) is 14.4 Å². The minimum Gasteiger partial charge on any atom is -0.490 e. The summed E-state index contributed by atoms with van der Waals surface area (Å²) in [6.45, 7) is 4.89. The highest BCUT2D eigenvalue weighted by Crippen LogP contribution is 2.28. The normalized spacial score (nSPS) is 10.5. The Bertz CT molecular complexity index is 967. The zero-order valence-corrected chi connectivity index (χ0v) is 19.1.